The maximum Gasteiger partial charge on any atom is 0.0861 e. The standard InChI is InChI=1S/C11H14ClNO/c1-3-6-14-13-8-10-4-5-11(12)9(2)7-10/h3-5,7,13H,1,6,8H2,2H3. The predicted octanol–water partition coefficient (Wildman–Crippen LogP) is 2.86. The highest BCUT2D eigenvalue weighted by atomic mass is 35.5. The largest absolute Gasteiger partial charge is 0.297 e. The molecule has 2 nitrogen and oxygen atoms in total. The van der Waals surface area contributed by atoms with E-state index in [9.17, 15) is 0 Å². The van der Waals surface area contributed by atoms with E-state index in [1.807, 2.05) is 25.1 Å². The quantitative estimate of drug-likeness (QED) is 0.460. The predicted molar refractivity (Wildman–Crippen MR) is 59.2 cm³/mol. The molecule has 3 heteroatoms. The van der Waals surface area contributed by atoms with Gasteiger partial charge in [0, 0.05) is 11.6 Å². The number of nitrogens with one attached hydrogen (secondary N) is 1. The Balaban J connectivity index is 2.43. The molecule has 0 saturated heterocycles. The lowest BCUT2D eigenvalue weighted by Gasteiger charge is -2.05. The molecular weight excluding hydrogens is 198 g/mol. The summed E-state index contributed by atoms with van der Waals surface area (Å²) in [7, 11) is 0. The van der Waals surface area contributed by atoms with Crippen LogP contribution in [0.5, 0.6) is 0 Å². The zero-order chi connectivity index (χ0) is 10.4. The number of hydrogen-bond acceptors (Lipinski definition) is 2. The molecule has 0 heterocycles. The summed E-state index contributed by atoms with van der Waals surface area (Å²) in [4.78, 5) is 5.06. The molecule has 0 saturated carbocycles. The average Bonchev–Trinajstić information content (AvgIpc) is 2.18. The zero-order valence-corrected chi connectivity index (χ0v) is 8.97. The van der Waals surface area contributed by atoms with E-state index in [0.29, 0.717) is 13.2 Å². The second kappa shape index (κ2) is 5.81. The lowest BCUT2D eigenvalue weighted by Crippen LogP contribution is -2.13. The Labute approximate surface area is 89.5 Å². The van der Waals surface area contributed by atoms with Crippen LogP contribution >= 0.6 is 11.6 Å². The van der Waals surface area contributed by atoms with Gasteiger partial charge < -0.3 is 0 Å². The summed E-state index contributed by atoms with van der Waals surface area (Å²) in [5, 5.41) is 0.792. The molecule has 0 atom stereocenters. The van der Waals surface area contributed by atoms with Crippen LogP contribution in [0, 0.1) is 6.92 Å². The fraction of sp³-hybridized carbons (Fsp3) is 0.273. The van der Waals surface area contributed by atoms with Crippen molar-refractivity contribution < 1.29 is 4.84 Å². The highest BCUT2D eigenvalue weighted by molar-refractivity contribution is 6.31. The van der Waals surface area contributed by atoms with Gasteiger partial charge in [-0.3, -0.25) is 4.84 Å². The SMILES string of the molecule is C=CCONCc1ccc(Cl)c(C)c1. The van der Waals surface area contributed by atoms with Crippen LogP contribution in [0.2, 0.25) is 5.02 Å². The third-order valence-corrected chi connectivity index (χ3v) is 2.23. The van der Waals surface area contributed by atoms with Gasteiger partial charge in [-0.15, -0.1) is 6.58 Å². The highest BCUT2D eigenvalue weighted by Crippen LogP contribution is 2.15. The molecule has 0 fully saturated rings. The van der Waals surface area contributed by atoms with Crippen LogP contribution in [-0.4, -0.2) is 6.61 Å². The molecule has 0 spiro atoms. The van der Waals surface area contributed by atoms with E-state index in [-0.39, 0.29) is 0 Å². The Morgan fingerprint density at radius 3 is 3.00 bits per heavy atom. The Morgan fingerprint density at radius 2 is 2.36 bits per heavy atom. The highest BCUT2D eigenvalue weighted by Gasteiger charge is 1.96. The van der Waals surface area contributed by atoms with Crippen LogP contribution in [0.3, 0.4) is 0 Å². The number of halogens is 1. The van der Waals surface area contributed by atoms with Gasteiger partial charge in [0.05, 0.1) is 6.61 Å². The number of rotatable bonds is 5. The van der Waals surface area contributed by atoms with Crippen molar-refractivity contribution in [3.8, 4) is 0 Å². The first-order valence-electron chi connectivity index (χ1n) is 4.44. The maximum absolute atomic E-state index is 5.90. The van der Waals surface area contributed by atoms with Crippen molar-refractivity contribution in [3.05, 3.63) is 47.0 Å². The van der Waals surface area contributed by atoms with Gasteiger partial charge in [-0.05, 0) is 24.1 Å². The molecule has 0 aromatic heterocycles. The van der Waals surface area contributed by atoms with E-state index in [1.54, 1.807) is 6.08 Å². The summed E-state index contributed by atoms with van der Waals surface area (Å²) < 4.78 is 0. The second-order valence-electron chi connectivity index (χ2n) is 3.00. The molecule has 0 radical (unpaired) electrons. The first kappa shape index (κ1) is 11.2. The van der Waals surface area contributed by atoms with Crippen molar-refractivity contribution in [3.63, 3.8) is 0 Å². The Morgan fingerprint density at radius 1 is 1.57 bits per heavy atom. The van der Waals surface area contributed by atoms with Crippen molar-refractivity contribution in [2.45, 2.75) is 13.5 Å². The van der Waals surface area contributed by atoms with Crippen LogP contribution < -0.4 is 5.48 Å². The van der Waals surface area contributed by atoms with Gasteiger partial charge in [-0.1, -0.05) is 29.8 Å². The Hall–Kier alpha value is -0.830. The zero-order valence-electron chi connectivity index (χ0n) is 8.22. The van der Waals surface area contributed by atoms with Crippen LogP contribution in [-0.2, 0) is 11.4 Å². The third kappa shape index (κ3) is 3.50. The van der Waals surface area contributed by atoms with Gasteiger partial charge in [0.2, 0.25) is 0 Å². The number of hydrogen-bond donors (Lipinski definition) is 1. The van der Waals surface area contributed by atoms with Crippen molar-refractivity contribution in [1.82, 2.24) is 5.48 Å². The summed E-state index contributed by atoms with van der Waals surface area (Å²) in [5.74, 6) is 0. The average molecular weight is 212 g/mol. The molecule has 1 aromatic carbocycles. The summed E-state index contributed by atoms with van der Waals surface area (Å²) in [6.45, 7) is 6.71. The van der Waals surface area contributed by atoms with E-state index in [4.69, 9.17) is 16.4 Å². The van der Waals surface area contributed by atoms with E-state index in [2.05, 4.69) is 12.1 Å². The van der Waals surface area contributed by atoms with Crippen molar-refractivity contribution in [2.75, 3.05) is 6.61 Å². The van der Waals surface area contributed by atoms with E-state index < -0.39 is 0 Å². The molecule has 0 unspecified atom stereocenters. The fourth-order valence-electron chi connectivity index (χ4n) is 1.07. The summed E-state index contributed by atoms with van der Waals surface area (Å²) in [6, 6.07) is 5.90. The van der Waals surface area contributed by atoms with Crippen molar-refractivity contribution >= 4 is 11.6 Å². The molecule has 0 aliphatic carbocycles. The molecule has 0 aliphatic heterocycles. The maximum atomic E-state index is 5.90. The van der Waals surface area contributed by atoms with E-state index in [0.717, 1.165) is 16.1 Å². The fourth-order valence-corrected chi connectivity index (χ4v) is 1.19. The normalized spacial score (nSPS) is 10.1. The van der Waals surface area contributed by atoms with Gasteiger partial charge >= 0.3 is 0 Å². The minimum atomic E-state index is 0.507. The minimum absolute atomic E-state index is 0.507. The van der Waals surface area contributed by atoms with E-state index in [1.165, 1.54) is 0 Å². The monoisotopic (exact) mass is 211 g/mol. The molecule has 76 valence electrons. The Kier molecular flexibility index (Phi) is 4.66. The molecule has 14 heavy (non-hydrogen) atoms. The lowest BCUT2D eigenvalue weighted by molar-refractivity contribution is 0.0579. The number of aryl methyl sites for hydroxylation is 1. The van der Waals surface area contributed by atoms with Gasteiger partial charge in [-0.2, -0.15) is 5.48 Å². The van der Waals surface area contributed by atoms with Crippen LogP contribution in [0.1, 0.15) is 11.1 Å². The van der Waals surface area contributed by atoms with Crippen LogP contribution in [0.25, 0.3) is 0 Å². The molecule has 1 rings (SSSR count). The van der Waals surface area contributed by atoms with Crippen LogP contribution in [0.4, 0.5) is 0 Å². The molecule has 1 aromatic rings. The van der Waals surface area contributed by atoms with Crippen molar-refractivity contribution in [1.29, 1.82) is 0 Å². The van der Waals surface area contributed by atoms with E-state index >= 15 is 0 Å². The molecular formula is C11H14ClNO. The molecule has 0 bridgehead atoms. The van der Waals surface area contributed by atoms with Gasteiger partial charge in [0.25, 0.3) is 0 Å². The van der Waals surface area contributed by atoms with Gasteiger partial charge in [0.1, 0.15) is 0 Å². The summed E-state index contributed by atoms with van der Waals surface area (Å²) >= 11 is 5.90. The summed E-state index contributed by atoms with van der Waals surface area (Å²) in [5.41, 5.74) is 5.06. The second-order valence-corrected chi connectivity index (χ2v) is 3.41. The molecule has 0 aliphatic rings. The number of benzene rings is 1. The van der Waals surface area contributed by atoms with Crippen molar-refractivity contribution in [2.24, 2.45) is 0 Å². The molecule has 0 amide bonds. The first-order chi connectivity index (χ1) is 6.74. The molecule has 1 N–H and O–H groups in total. The van der Waals surface area contributed by atoms with Gasteiger partial charge in [0.15, 0.2) is 0 Å². The third-order valence-electron chi connectivity index (χ3n) is 1.80. The number of hydroxylamine groups is 1. The first-order valence-corrected chi connectivity index (χ1v) is 4.82. The topological polar surface area (TPSA) is 21.3 Å². The van der Waals surface area contributed by atoms with Gasteiger partial charge in [-0.25, -0.2) is 0 Å². The summed E-state index contributed by atoms with van der Waals surface area (Å²) in [6.07, 6.45) is 1.69. The minimum Gasteiger partial charge on any atom is -0.297 e. The Bertz CT molecular complexity index is 312. The smallest absolute Gasteiger partial charge is 0.0861 e. The van der Waals surface area contributed by atoms with Crippen LogP contribution in [0.15, 0.2) is 30.9 Å². The lowest BCUT2D eigenvalue weighted by atomic mass is 10.1.